The van der Waals surface area contributed by atoms with Crippen molar-refractivity contribution in [1.82, 2.24) is 5.32 Å². The van der Waals surface area contributed by atoms with Crippen molar-refractivity contribution >= 4 is 6.72 Å². The summed E-state index contributed by atoms with van der Waals surface area (Å²) in [5, 5.41) is 3.50. The summed E-state index contributed by atoms with van der Waals surface area (Å²) in [6.07, 6.45) is 0. The molecule has 118 valence electrons. The third kappa shape index (κ3) is 3.47. The Balaban J connectivity index is 2.29. The van der Waals surface area contributed by atoms with Crippen LogP contribution < -0.4 is 5.32 Å². The summed E-state index contributed by atoms with van der Waals surface area (Å²) >= 11 is 0. The van der Waals surface area contributed by atoms with Crippen LogP contribution in [-0.4, -0.2) is 26.5 Å². The monoisotopic (exact) mass is 298 g/mol. The second-order valence-corrected chi connectivity index (χ2v) is 5.88. The van der Waals surface area contributed by atoms with Gasteiger partial charge < -0.3 is 10.1 Å². The van der Waals surface area contributed by atoms with Crippen molar-refractivity contribution in [3.63, 3.8) is 0 Å². The molecule has 3 nitrogen and oxygen atoms in total. The molecular formula is C19H26N2O. The Labute approximate surface area is 133 Å². The predicted octanol–water partition coefficient (Wildman–Crippen LogP) is 3.97. The van der Waals surface area contributed by atoms with Gasteiger partial charge in [0.2, 0.25) is 0 Å². The standard InChI is InChI=1S/C19H26N2O/c1-13-8-6-7-9-17(13)19-14(2)16(4)21-18(15(19)3)12-22-11-10-20-5/h6-9,19,21H,5,10-12H2,1-4H3/t19-/m0/s1. The van der Waals surface area contributed by atoms with Crippen molar-refractivity contribution in [2.24, 2.45) is 4.99 Å². The van der Waals surface area contributed by atoms with Crippen LogP contribution in [0.4, 0.5) is 0 Å². The highest BCUT2D eigenvalue weighted by atomic mass is 16.5. The molecule has 0 unspecified atom stereocenters. The van der Waals surface area contributed by atoms with E-state index in [9.17, 15) is 0 Å². The Morgan fingerprint density at radius 1 is 1.14 bits per heavy atom. The van der Waals surface area contributed by atoms with Crippen molar-refractivity contribution in [3.05, 3.63) is 57.9 Å². The van der Waals surface area contributed by atoms with Crippen LogP contribution in [0.5, 0.6) is 0 Å². The van der Waals surface area contributed by atoms with Crippen LogP contribution in [0.15, 0.2) is 51.8 Å². The zero-order valence-electron chi connectivity index (χ0n) is 14.1. The molecule has 0 radical (unpaired) electrons. The molecule has 0 bridgehead atoms. The summed E-state index contributed by atoms with van der Waals surface area (Å²) in [5.74, 6) is 0.332. The van der Waals surface area contributed by atoms with Gasteiger partial charge in [-0.2, -0.15) is 0 Å². The first-order chi connectivity index (χ1) is 10.6. The largest absolute Gasteiger partial charge is 0.373 e. The van der Waals surface area contributed by atoms with Crippen LogP contribution in [0.1, 0.15) is 37.8 Å². The topological polar surface area (TPSA) is 33.6 Å². The maximum atomic E-state index is 5.71. The van der Waals surface area contributed by atoms with E-state index in [2.05, 4.69) is 69.0 Å². The molecule has 1 aromatic carbocycles. The SMILES string of the molecule is C=NCCOCC1=C(C)[C@@H](c2ccccc2C)C(C)=C(C)N1. The lowest BCUT2D eigenvalue weighted by Gasteiger charge is -2.31. The van der Waals surface area contributed by atoms with E-state index in [1.165, 1.54) is 33.7 Å². The Kier molecular flexibility index (Phi) is 5.56. The van der Waals surface area contributed by atoms with Gasteiger partial charge in [0.15, 0.2) is 0 Å². The van der Waals surface area contributed by atoms with Gasteiger partial charge in [0.1, 0.15) is 0 Å². The highest BCUT2D eigenvalue weighted by molar-refractivity contribution is 5.47. The second-order valence-electron chi connectivity index (χ2n) is 5.88. The highest BCUT2D eigenvalue weighted by Crippen LogP contribution is 2.38. The molecule has 0 aromatic heterocycles. The molecule has 3 heteroatoms. The average Bonchev–Trinajstić information content (AvgIpc) is 2.50. The molecule has 1 atom stereocenters. The predicted molar refractivity (Wildman–Crippen MR) is 93.4 cm³/mol. The average molecular weight is 298 g/mol. The minimum Gasteiger partial charge on any atom is -0.373 e. The first-order valence-electron chi connectivity index (χ1n) is 7.76. The first-order valence-corrected chi connectivity index (χ1v) is 7.76. The molecule has 1 aliphatic heterocycles. The molecule has 0 spiro atoms. The van der Waals surface area contributed by atoms with E-state index < -0.39 is 0 Å². The second kappa shape index (κ2) is 7.41. The van der Waals surface area contributed by atoms with Gasteiger partial charge in [0.25, 0.3) is 0 Å². The quantitative estimate of drug-likeness (QED) is 0.637. The number of dihydropyridines is 1. The van der Waals surface area contributed by atoms with Gasteiger partial charge >= 0.3 is 0 Å². The van der Waals surface area contributed by atoms with Crippen LogP contribution in [0.25, 0.3) is 0 Å². The Morgan fingerprint density at radius 2 is 1.86 bits per heavy atom. The van der Waals surface area contributed by atoms with Gasteiger partial charge in [0, 0.05) is 17.3 Å². The van der Waals surface area contributed by atoms with Gasteiger partial charge in [-0.15, -0.1) is 0 Å². The third-order valence-corrected chi connectivity index (χ3v) is 4.41. The zero-order valence-corrected chi connectivity index (χ0v) is 14.1. The van der Waals surface area contributed by atoms with Gasteiger partial charge in [-0.3, -0.25) is 4.99 Å². The Morgan fingerprint density at radius 3 is 2.55 bits per heavy atom. The fourth-order valence-corrected chi connectivity index (χ4v) is 2.97. The van der Waals surface area contributed by atoms with Crippen LogP contribution in [0, 0.1) is 6.92 Å². The molecule has 0 fully saturated rings. The number of hydrogen-bond acceptors (Lipinski definition) is 3. The Bertz CT molecular complexity index is 614. The van der Waals surface area contributed by atoms with Crippen molar-refractivity contribution in [3.8, 4) is 0 Å². The summed E-state index contributed by atoms with van der Waals surface area (Å²) < 4.78 is 5.71. The Hall–Kier alpha value is -1.87. The van der Waals surface area contributed by atoms with Crippen molar-refractivity contribution in [2.75, 3.05) is 19.8 Å². The van der Waals surface area contributed by atoms with Gasteiger partial charge in [0.05, 0.1) is 19.8 Å². The molecule has 2 rings (SSSR count). The van der Waals surface area contributed by atoms with E-state index in [1.807, 2.05) is 0 Å². The van der Waals surface area contributed by atoms with Crippen molar-refractivity contribution in [2.45, 2.75) is 33.6 Å². The number of aryl methyl sites for hydroxylation is 1. The van der Waals surface area contributed by atoms with E-state index in [-0.39, 0.29) is 0 Å². The number of aliphatic imine (C=N–C) groups is 1. The molecule has 0 saturated heterocycles. The van der Waals surface area contributed by atoms with Gasteiger partial charge in [-0.1, -0.05) is 24.3 Å². The molecule has 1 aromatic rings. The van der Waals surface area contributed by atoms with E-state index >= 15 is 0 Å². The lowest BCUT2D eigenvalue weighted by Crippen LogP contribution is -2.27. The number of nitrogens with zero attached hydrogens (tertiary/aromatic N) is 1. The maximum Gasteiger partial charge on any atom is 0.0866 e. The fraction of sp³-hybridized carbons (Fsp3) is 0.421. The van der Waals surface area contributed by atoms with Crippen LogP contribution >= 0.6 is 0 Å². The van der Waals surface area contributed by atoms with Crippen LogP contribution in [-0.2, 0) is 4.74 Å². The number of benzene rings is 1. The molecule has 22 heavy (non-hydrogen) atoms. The first kappa shape index (κ1) is 16.5. The summed E-state index contributed by atoms with van der Waals surface area (Å²) in [7, 11) is 0. The molecule has 1 N–H and O–H groups in total. The minimum atomic E-state index is 0.332. The van der Waals surface area contributed by atoms with Crippen LogP contribution in [0.2, 0.25) is 0 Å². The van der Waals surface area contributed by atoms with Crippen LogP contribution in [0.3, 0.4) is 0 Å². The smallest absolute Gasteiger partial charge is 0.0866 e. The van der Waals surface area contributed by atoms with E-state index in [4.69, 9.17) is 4.74 Å². The number of hydrogen-bond donors (Lipinski definition) is 1. The van der Waals surface area contributed by atoms with E-state index in [0.29, 0.717) is 25.7 Å². The molecular weight excluding hydrogens is 272 g/mol. The highest BCUT2D eigenvalue weighted by Gasteiger charge is 2.25. The fourth-order valence-electron chi connectivity index (χ4n) is 2.97. The van der Waals surface area contributed by atoms with Gasteiger partial charge in [-0.25, -0.2) is 0 Å². The third-order valence-electron chi connectivity index (χ3n) is 4.41. The summed E-state index contributed by atoms with van der Waals surface area (Å²) in [5.41, 5.74) is 7.81. The number of nitrogens with one attached hydrogen (secondary N) is 1. The lowest BCUT2D eigenvalue weighted by molar-refractivity contribution is 0.160. The molecule has 1 heterocycles. The van der Waals surface area contributed by atoms with E-state index in [0.717, 1.165) is 0 Å². The zero-order chi connectivity index (χ0) is 16.1. The number of rotatable bonds is 6. The van der Waals surface area contributed by atoms with E-state index in [1.54, 1.807) is 0 Å². The minimum absolute atomic E-state index is 0.332. The lowest BCUT2D eigenvalue weighted by atomic mass is 9.80. The molecule has 0 saturated carbocycles. The number of allylic oxidation sites excluding steroid dienone is 3. The van der Waals surface area contributed by atoms with Gasteiger partial charge in [-0.05, 0) is 56.7 Å². The maximum absolute atomic E-state index is 5.71. The summed E-state index contributed by atoms with van der Waals surface area (Å²) in [6.45, 7) is 14.0. The molecule has 0 aliphatic carbocycles. The van der Waals surface area contributed by atoms with Crippen molar-refractivity contribution in [1.29, 1.82) is 0 Å². The normalized spacial score (nSPS) is 18.5. The molecule has 1 aliphatic rings. The summed E-state index contributed by atoms with van der Waals surface area (Å²) in [4.78, 5) is 3.82. The summed E-state index contributed by atoms with van der Waals surface area (Å²) in [6, 6.07) is 8.62. The van der Waals surface area contributed by atoms with Crippen molar-refractivity contribution < 1.29 is 4.74 Å². The number of ether oxygens (including phenoxy) is 1. The molecule has 0 amide bonds.